The molecule has 0 saturated carbocycles. The van der Waals surface area contributed by atoms with Crippen LogP contribution >= 0.6 is 15.9 Å². The Balaban J connectivity index is 2.16. The minimum Gasteiger partial charge on any atom is -0.378 e. The molecule has 0 bridgehead atoms. The Hall–Kier alpha value is -0.430. The second-order valence-electron chi connectivity index (χ2n) is 5.19. The third-order valence-electron chi connectivity index (χ3n) is 4.08. The van der Waals surface area contributed by atoms with Crippen LogP contribution in [0, 0.1) is 5.92 Å². The van der Waals surface area contributed by atoms with E-state index in [1.165, 1.54) is 5.69 Å². The van der Waals surface area contributed by atoms with Gasteiger partial charge < -0.3 is 4.74 Å². The summed E-state index contributed by atoms with van der Waals surface area (Å²) in [6, 6.07) is 0.217. The van der Waals surface area contributed by atoms with E-state index in [2.05, 4.69) is 40.3 Å². The average Bonchev–Trinajstić information content (AvgIpc) is 2.93. The van der Waals surface area contributed by atoms with E-state index >= 15 is 0 Å². The van der Waals surface area contributed by atoms with Crippen molar-refractivity contribution in [1.29, 1.82) is 0 Å². The first-order valence-corrected chi connectivity index (χ1v) is 7.65. The van der Waals surface area contributed by atoms with Crippen LogP contribution in [-0.2, 0) is 24.6 Å². The molecule has 0 amide bonds. The van der Waals surface area contributed by atoms with Crippen molar-refractivity contribution >= 4 is 15.9 Å². The lowest BCUT2D eigenvalue weighted by molar-refractivity contribution is 0.0951. The SMILES string of the molecule is CCc1nn(C)c(CC(NN)C2CCOC2C)c1Br. The van der Waals surface area contributed by atoms with E-state index in [0.717, 1.165) is 36.0 Å². The molecule has 0 radical (unpaired) electrons. The van der Waals surface area contributed by atoms with Gasteiger partial charge in [0, 0.05) is 32.0 Å². The standard InChI is InChI=1S/C13H23BrN4O/c1-4-10-13(14)12(18(3)17-10)7-11(16-15)9-5-6-19-8(9)2/h8-9,11,16H,4-7,15H2,1-3H3. The van der Waals surface area contributed by atoms with Crippen LogP contribution in [0.4, 0.5) is 0 Å². The van der Waals surface area contributed by atoms with E-state index < -0.39 is 0 Å². The number of ether oxygens (including phenoxy) is 1. The molecule has 2 heterocycles. The Morgan fingerprint density at radius 3 is 2.84 bits per heavy atom. The quantitative estimate of drug-likeness (QED) is 0.635. The maximum absolute atomic E-state index is 5.75. The van der Waals surface area contributed by atoms with E-state index in [1.807, 2.05) is 11.7 Å². The predicted molar refractivity (Wildman–Crippen MR) is 78.6 cm³/mol. The van der Waals surface area contributed by atoms with Gasteiger partial charge in [0.15, 0.2) is 0 Å². The highest BCUT2D eigenvalue weighted by molar-refractivity contribution is 9.10. The van der Waals surface area contributed by atoms with Crippen LogP contribution in [0.1, 0.15) is 31.7 Å². The molecule has 1 aromatic rings. The molecule has 3 N–H and O–H groups in total. The van der Waals surface area contributed by atoms with Crippen LogP contribution in [0.15, 0.2) is 4.47 Å². The Morgan fingerprint density at radius 2 is 2.37 bits per heavy atom. The zero-order chi connectivity index (χ0) is 14.0. The minimum absolute atomic E-state index is 0.217. The van der Waals surface area contributed by atoms with E-state index in [0.29, 0.717) is 5.92 Å². The molecule has 3 atom stereocenters. The highest BCUT2D eigenvalue weighted by Crippen LogP contribution is 2.28. The number of hydrogen-bond donors (Lipinski definition) is 2. The zero-order valence-electron chi connectivity index (χ0n) is 11.8. The van der Waals surface area contributed by atoms with Crippen LogP contribution in [-0.4, -0.2) is 28.5 Å². The van der Waals surface area contributed by atoms with E-state index in [4.69, 9.17) is 10.6 Å². The Kier molecular flexibility index (Phi) is 5.00. The molecule has 6 heteroatoms. The predicted octanol–water partition coefficient (Wildman–Crippen LogP) is 1.54. The van der Waals surface area contributed by atoms with Crippen LogP contribution in [0.5, 0.6) is 0 Å². The fourth-order valence-electron chi connectivity index (χ4n) is 2.86. The molecule has 1 saturated heterocycles. The Labute approximate surface area is 123 Å². The summed E-state index contributed by atoms with van der Waals surface area (Å²) in [6.45, 7) is 5.07. The second-order valence-corrected chi connectivity index (χ2v) is 5.98. The molecule has 0 spiro atoms. The van der Waals surface area contributed by atoms with Gasteiger partial charge in [-0.15, -0.1) is 0 Å². The number of rotatable bonds is 5. The minimum atomic E-state index is 0.217. The number of hydrazine groups is 1. The van der Waals surface area contributed by atoms with E-state index in [-0.39, 0.29) is 12.1 Å². The van der Waals surface area contributed by atoms with E-state index in [1.54, 1.807) is 0 Å². The summed E-state index contributed by atoms with van der Waals surface area (Å²) < 4.78 is 8.71. The van der Waals surface area contributed by atoms with Gasteiger partial charge in [0.2, 0.25) is 0 Å². The molecule has 1 fully saturated rings. The maximum atomic E-state index is 5.75. The second kappa shape index (κ2) is 6.35. The molecule has 2 rings (SSSR count). The van der Waals surface area contributed by atoms with Gasteiger partial charge in [-0.25, -0.2) is 0 Å². The highest BCUT2D eigenvalue weighted by atomic mass is 79.9. The summed E-state index contributed by atoms with van der Waals surface area (Å²) in [6.07, 6.45) is 3.11. The molecule has 1 aromatic heterocycles. The van der Waals surface area contributed by atoms with Gasteiger partial charge in [-0.1, -0.05) is 6.92 Å². The van der Waals surface area contributed by atoms with Crippen molar-refractivity contribution in [3.63, 3.8) is 0 Å². The van der Waals surface area contributed by atoms with Crippen molar-refractivity contribution in [2.24, 2.45) is 18.8 Å². The number of nitrogens with zero attached hydrogens (tertiary/aromatic N) is 2. The third-order valence-corrected chi connectivity index (χ3v) is 5.00. The summed E-state index contributed by atoms with van der Waals surface area (Å²) in [5.41, 5.74) is 5.26. The average molecular weight is 331 g/mol. The fourth-order valence-corrected chi connectivity index (χ4v) is 3.64. The molecule has 3 unspecified atom stereocenters. The lowest BCUT2D eigenvalue weighted by Gasteiger charge is -2.25. The van der Waals surface area contributed by atoms with Crippen LogP contribution < -0.4 is 11.3 Å². The summed E-state index contributed by atoms with van der Waals surface area (Å²) in [5, 5.41) is 4.53. The monoisotopic (exact) mass is 330 g/mol. The summed E-state index contributed by atoms with van der Waals surface area (Å²) in [5.74, 6) is 6.21. The summed E-state index contributed by atoms with van der Waals surface area (Å²) in [7, 11) is 1.99. The Morgan fingerprint density at radius 1 is 1.63 bits per heavy atom. The number of aryl methyl sites for hydroxylation is 2. The third kappa shape index (κ3) is 3.02. The van der Waals surface area contributed by atoms with Gasteiger partial charge in [0.05, 0.1) is 22.0 Å². The highest BCUT2D eigenvalue weighted by Gasteiger charge is 2.32. The van der Waals surface area contributed by atoms with E-state index in [9.17, 15) is 0 Å². The normalized spacial score (nSPS) is 24.9. The smallest absolute Gasteiger partial charge is 0.0766 e. The van der Waals surface area contributed by atoms with Crippen LogP contribution in [0.2, 0.25) is 0 Å². The topological polar surface area (TPSA) is 65.1 Å². The number of aromatic nitrogens is 2. The molecule has 1 aliphatic heterocycles. The first kappa shape index (κ1) is 15.0. The van der Waals surface area contributed by atoms with Crippen molar-refractivity contribution in [3.05, 3.63) is 15.9 Å². The Bertz CT molecular complexity index is 435. The molecule has 108 valence electrons. The van der Waals surface area contributed by atoms with Gasteiger partial charge >= 0.3 is 0 Å². The molecule has 0 aliphatic carbocycles. The van der Waals surface area contributed by atoms with Crippen LogP contribution in [0.25, 0.3) is 0 Å². The number of halogens is 1. The zero-order valence-corrected chi connectivity index (χ0v) is 13.4. The largest absolute Gasteiger partial charge is 0.378 e. The maximum Gasteiger partial charge on any atom is 0.0766 e. The van der Waals surface area contributed by atoms with Gasteiger partial charge in [0.25, 0.3) is 0 Å². The summed E-state index contributed by atoms with van der Waals surface area (Å²) in [4.78, 5) is 0. The number of hydrogen-bond acceptors (Lipinski definition) is 4. The molecule has 0 aromatic carbocycles. The molecular weight excluding hydrogens is 308 g/mol. The molecular formula is C13H23BrN4O. The first-order chi connectivity index (χ1) is 9.08. The first-order valence-electron chi connectivity index (χ1n) is 6.86. The lowest BCUT2D eigenvalue weighted by atomic mass is 9.90. The molecule has 5 nitrogen and oxygen atoms in total. The van der Waals surface area contributed by atoms with Gasteiger partial charge in [-0.2, -0.15) is 5.10 Å². The molecule has 1 aliphatic rings. The molecule has 19 heavy (non-hydrogen) atoms. The van der Waals surface area contributed by atoms with Crippen LogP contribution in [0.3, 0.4) is 0 Å². The lowest BCUT2D eigenvalue weighted by Crippen LogP contribution is -2.45. The van der Waals surface area contributed by atoms with Crippen molar-refractivity contribution < 1.29 is 4.74 Å². The van der Waals surface area contributed by atoms with Gasteiger partial charge in [0.1, 0.15) is 0 Å². The number of nitrogens with one attached hydrogen (secondary N) is 1. The van der Waals surface area contributed by atoms with Crippen molar-refractivity contribution in [1.82, 2.24) is 15.2 Å². The van der Waals surface area contributed by atoms with Gasteiger partial charge in [-0.05, 0) is 35.7 Å². The summed E-state index contributed by atoms with van der Waals surface area (Å²) >= 11 is 3.66. The van der Waals surface area contributed by atoms with Crippen molar-refractivity contribution in [2.45, 2.75) is 45.3 Å². The van der Waals surface area contributed by atoms with Gasteiger partial charge in [-0.3, -0.25) is 16.0 Å². The van der Waals surface area contributed by atoms with Crippen molar-refractivity contribution in [3.8, 4) is 0 Å². The van der Waals surface area contributed by atoms with Crippen molar-refractivity contribution in [2.75, 3.05) is 6.61 Å². The fraction of sp³-hybridized carbons (Fsp3) is 0.769. The number of nitrogens with two attached hydrogens (primary N) is 1.